The Morgan fingerprint density at radius 1 is 1.29 bits per heavy atom. The molecule has 0 unspecified atom stereocenters. The molecular formula is C15H10Cl2N3O3S-. The number of aliphatic carboxylic acids is 1. The normalized spacial score (nSPS) is 10.9. The fourth-order valence-corrected chi connectivity index (χ4v) is 3.24. The van der Waals surface area contributed by atoms with Crippen LogP contribution in [0.1, 0.15) is 5.76 Å². The molecule has 3 aromatic rings. The third kappa shape index (κ3) is 3.75. The molecule has 0 saturated heterocycles. The zero-order chi connectivity index (χ0) is 17.1. The summed E-state index contributed by atoms with van der Waals surface area (Å²) >= 11 is 13.2. The van der Waals surface area contributed by atoms with E-state index in [1.807, 2.05) is 0 Å². The zero-order valence-electron chi connectivity index (χ0n) is 12.1. The predicted octanol–water partition coefficient (Wildman–Crippen LogP) is 2.74. The maximum atomic E-state index is 10.7. The van der Waals surface area contributed by atoms with Crippen LogP contribution >= 0.6 is 35.0 Å². The molecule has 6 nitrogen and oxygen atoms in total. The smallest absolute Gasteiger partial charge is 0.192 e. The lowest BCUT2D eigenvalue weighted by Crippen LogP contribution is -2.24. The Kier molecular flexibility index (Phi) is 5.13. The summed E-state index contributed by atoms with van der Waals surface area (Å²) in [5.41, 5.74) is 0.639. The van der Waals surface area contributed by atoms with Gasteiger partial charge < -0.3 is 14.3 Å². The van der Waals surface area contributed by atoms with Crippen LogP contribution in [0.4, 0.5) is 0 Å². The Bertz CT molecular complexity index is 865. The van der Waals surface area contributed by atoms with E-state index in [0.29, 0.717) is 38.9 Å². The number of halogens is 2. The molecule has 1 aromatic carbocycles. The number of nitrogens with zero attached hydrogens (tertiary/aromatic N) is 3. The van der Waals surface area contributed by atoms with Crippen molar-refractivity contribution in [2.75, 3.05) is 5.75 Å². The summed E-state index contributed by atoms with van der Waals surface area (Å²) in [7, 11) is 0. The van der Waals surface area contributed by atoms with Crippen LogP contribution in [0.25, 0.3) is 11.4 Å². The topological polar surface area (TPSA) is 84.0 Å². The lowest BCUT2D eigenvalue weighted by Gasteiger charge is -2.10. The summed E-state index contributed by atoms with van der Waals surface area (Å²) in [6.45, 7) is 0.337. The predicted molar refractivity (Wildman–Crippen MR) is 89.0 cm³/mol. The number of hydrogen-bond acceptors (Lipinski definition) is 6. The standard InChI is InChI=1S/C15H11Cl2N3O3S/c16-9-3-4-11(12(17)6-9)14-18-19-15(24-8-13(21)22)20(14)7-10-2-1-5-23-10/h1-6H,7-8H2,(H,21,22)/p-1. The van der Waals surface area contributed by atoms with Crippen molar-refractivity contribution in [2.45, 2.75) is 11.7 Å². The maximum absolute atomic E-state index is 10.7. The van der Waals surface area contributed by atoms with Gasteiger partial charge in [-0.15, -0.1) is 10.2 Å². The highest BCUT2D eigenvalue weighted by atomic mass is 35.5. The second kappa shape index (κ2) is 7.29. The molecule has 24 heavy (non-hydrogen) atoms. The lowest BCUT2D eigenvalue weighted by atomic mass is 10.2. The monoisotopic (exact) mass is 382 g/mol. The number of hydrogen-bond donors (Lipinski definition) is 0. The Hall–Kier alpha value is -1.96. The van der Waals surface area contributed by atoms with Gasteiger partial charge in [0.05, 0.1) is 23.8 Å². The molecule has 0 N–H and O–H groups in total. The first-order valence-electron chi connectivity index (χ1n) is 6.78. The molecular weight excluding hydrogens is 373 g/mol. The highest BCUT2D eigenvalue weighted by Crippen LogP contribution is 2.31. The van der Waals surface area contributed by atoms with Gasteiger partial charge >= 0.3 is 0 Å². The third-order valence-corrected chi connectivity index (χ3v) is 4.59. The van der Waals surface area contributed by atoms with Gasteiger partial charge in [0.2, 0.25) is 0 Å². The van der Waals surface area contributed by atoms with Crippen LogP contribution in [0.2, 0.25) is 10.0 Å². The highest BCUT2D eigenvalue weighted by Gasteiger charge is 2.18. The summed E-state index contributed by atoms with van der Waals surface area (Å²) in [4.78, 5) is 10.7. The van der Waals surface area contributed by atoms with E-state index in [0.717, 1.165) is 11.8 Å². The number of carbonyl (C=O) groups excluding carboxylic acids is 1. The molecule has 0 aliphatic carbocycles. The molecule has 0 spiro atoms. The average molecular weight is 383 g/mol. The Morgan fingerprint density at radius 3 is 2.79 bits per heavy atom. The molecule has 0 fully saturated rings. The second-order valence-electron chi connectivity index (χ2n) is 4.76. The number of carbonyl (C=O) groups is 1. The summed E-state index contributed by atoms with van der Waals surface area (Å²) in [6, 6.07) is 8.62. The molecule has 2 aromatic heterocycles. The van der Waals surface area contributed by atoms with Crippen molar-refractivity contribution in [3.63, 3.8) is 0 Å². The minimum absolute atomic E-state index is 0.232. The van der Waals surface area contributed by atoms with E-state index in [4.69, 9.17) is 27.6 Å². The zero-order valence-corrected chi connectivity index (χ0v) is 14.4. The van der Waals surface area contributed by atoms with Gasteiger partial charge in [-0.2, -0.15) is 0 Å². The first-order valence-corrected chi connectivity index (χ1v) is 8.52. The van der Waals surface area contributed by atoms with Crippen LogP contribution in [-0.2, 0) is 11.3 Å². The van der Waals surface area contributed by atoms with E-state index < -0.39 is 5.97 Å². The highest BCUT2D eigenvalue weighted by molar-refractivity contribution is 7.99. The summed E-state index contributed by atoms with van der Waals surface area (Å²) < 4.78 is 7.10. The Labute approximate surface area is 151 Å². The fourth-order valence-electron chi connectivity index (χ4n) is 2.09. The summed E-state index contributed by atoms with van der Waals surface area (Å²) in [5.74, 6) is -0.242. The molecule has 124 valence electrons. The number of aromatic nitrogens is 3. The maximum Gasteiger partial charge on any atom is 0.192 e. The number of benzene rings is 1. The van der Waals surface area contributed by atoms with Crippen molar-refractivity contribution in [2.24, 2.45) is 0 Å². The van der Waals surface area contributed by atoms with E-state index >= 15 is 0 Å². The molecule has 0 radical (unpaired) electrons. The van der Waals surface area contributed by atoms with Gasteiger partial charge in [0.1, 0.15) is 5.76 Å². The number of carboxylic acid groups (broad SMARTS) is 1. The van der Waals surface area contributed by atoms with Crippen LogP contribution in [-0.4, -0.2) is 26.5 Å². The third-order valence-electron chi connectivity index (χ3n) is 3.10. The number of carboxylic acids is 1. The van der Waals surface area contributed by atoms with Gasteiger partial charge in [-0.25, -0.2) is 0 Å². The van der Waals surface area contributed by atoms with Crippen molar-refractivity contribution in [3.05, 3.63) is 52.4 Å². The summed E-state index contributed by atoms with van der Waals surface area (Å²) in [5, 5.41) is 20.3. The van der Waals surface area contributed by atoms with E-state index in [2.05, 4.69) is 10.2 Å². The quantitative estimate of drug-likeness (QED) is 0.609. The van der Waals surface area contributed by atoms with Crippen LogP contribution in [0.15, 0.2) is 46.2 Å². The lowest BCUT2D eigenvalue weighted by molar-refractivity contribution is -0.301. The number of furan rings is 1. The van der Waals surface area contributed by atoms with Crippen molar-refractivity contribution in [3.8, 4) is 11.4 Å². The minimum atomic E-state index is -1.18. The van der Waals surface area contributed by atoms with E-state index in [-0.39, 0.29) is 5.75 Å². The van der Waals surface area contributed by atoms with Gasteiger partial charge in [0.25, 0.3) is 0 Å². The van der Waals surface area contributed by atoms with Gasteiger partial charge in [-0.05, 0) is 30.3 Å². The molecule has 0 saturated carbocycles. The number of rotatable bonds is 6. The summed E-state index contributed by atoms with van der Waals surface area (Å²) in [6.07, 6.45) is 1.56. The Morgan fingerprint density at radius 2 is 2.12 bits per heavy atom. The van der Waals surface area contributed by atoms with Gasteiger partial charge in [-0.3, -0.25) is 4.57 Å². The molecule has 0 bridgehead atoms. The first-order chi connectivity index (χ1) is 11.5. The van der Waals surface area contributed by atoms with Crippen molar-refractivity contribution >= 4 is 40.9 Å². The van der Waals surface area contributed by atoms with Crippen molar-refractivity contribution < 1.29 is 14.3 Å². The molecule has 0 atom stereocenters. The van der Waals surface area contributed by atoms with Crippen molar-refractivity contribution in [1.29, 1.82) is 0 Å². The molecule has 0 aliphatic heterocycles. The Balaban J connectivity index is 2.02. The van der Waals surface area contributed by atoms with Crippen LogP contribution in [0.5, 0.6) is 0 Å². The molecule has 3 rings (SSSR count). The first kappa shape index (κ1) is 16.9. The van der Waals surface area contributed by atoms with E-state index in [9.17, 15) is 9.90 Å². The minimum Gasteiger partial charge on any atom is -0.549 e. The van der Waals surface area contributed by atoms with Crippen LogP contribution in [0, 0.1) is 0 Å². The fraction of sp³-hybridized carbons (Fsp3) is 0.133. The van der Waals surface area contributed by atoms with Gasteiger partial charge in [0, 0.05) is 16.3 Å². The van der Waals surface area contributed by atoms with E-state index in [1.54, 1.807) is 41.2 Å². The molecule has 0 amide bonds. The average Bonchev–Trinajstić information content (AvgIpc) is 3.16. The SMILES string of the molecule is O=C([O-])CSc1nnc(-c2ccc(Cl)cc2Cl)n1Cc1ccco1. The van der Waals surface area contributed by atoms with Crippen molar-refractivity contribution in [1.82, 2.24) is 14.8 Å². The largest absolute Gasteiger partial charge is 0.549 e. The van der Waals surface area contributed by atoms with Gasteiger partial charge in [-0.1, -0.05) is 35.0 Å². The van der Waals surface area contributed by atoms with Gasteiger partial charge in [0.15, 0.2) is 11.0 Å². The van der Waals surface area contributed by atoms with E-state index in [1.165, 1.54) is 0 Å². The number of thioether (sulfide) groups is 1. The molecule has 2 heterocycles. The molecule has 0 aliphatic rings. The molecule has 9 heteroatoms. The van der Waals surface area contributed by atoms with Crippen LogP contribution in [0.3, 0.4) is 0 Å². The second-order valence-corrected chi connectivity index (χ2v) is 6.54. The van der Waals surface area contributed by atoms with Crippen LogP contribution < -0.4 is 5.11 Å².